The highest BCUT2D eigenvalue weighted by atomic mass is 32.1. The first-order valence-corrected chi connectivity index (χ1v) is 7.57. The van der Waals surface area contributed by atoms with Crippen LogP contribution in [0.2, 0.25) is 0 Å². The molecule has 1 aromatic carbocycles. The van der Waals surface area contributed by atoms with Crippen LogP contribution in [0.1, 0.15) is 22.9 Å². The fourth-order valence-corrected chi connectivity index (χ4v) is 2.97. The molecule has 0 amide bonds. The number of hydrogen-bond donors (Lipinski definition) is 1. The molecule has 1 unspecified atom stereocenters. The number of hydrogen-bond acceptors (Lipinski definition) is 4. The molecule has 1 atom stereocenters. The average molecular weight is 291 g/mol. The van der Waals surface area contributed by atoms with Crippen LogP contribution < -0.4 is 14.8 Å². The van der Waals surface area contributed by atoms with E-state index in [0.29, 0.717) is 6.04 Å². The largest absolute Gasteiger partial charge is 0.497 e. The smallest absolute Gasteiger partial charge is 0.122 e. The summed E-state index contributed by atoms with van der Waals surface area (Å²) in [5.41, 5.74) is 1.19. The summed E-state index contributed by atoms with van der Waals surface area (Å²) < 4.78 is 10.7. The SMILES string of the molecule is CNC(CCc1cccs1)c1cc(OC)cc(OC)c1. The molecule has 0 radical (unpaired) electrons. The van der Waals surface area contributed by atoms with E-state index >= 15 is 0 Å². The highest BCUT2D eigenvalue weighted by Gasteiger charge is 2.12. The minimum atomic E-state index is 0.293. The van der Waals surface area contributed by atoms with E-state index in [4.69, 9.17) is 9.47 Å². The molecule has 3 nitrogen and oxygen atoms in total. The molecule has 0 saturated heterocycles. The number of ether oxygens (including phenoxy) is 2. The van der Waals surface area contributed by atoms with Crippen molar-refractivity contribution in [2.75, 3.05) is 21.3 Å². The Bertz CT molecular complexity index is 503. The van der Waals surface area contributed by atoms with Gasteiger partial charge in [-0.3, -0.25) is 0 Å². The molecule has 1 aromatic heterocycles. The highest BCUT2D eigenvalue weighted by molar-refractivity contribution is 7.09. The van der Waals surface area contributed by atoms with Gasteiger partial charge in [0.15, 0.2) is 0 Å². The van der Waals surface area contributed by atoms with Crippen molar-refractivity contribution in [2.24, 2.45) is 0 Å². The Labute approximate surface area is 124 Å². The first-order valence-electron chi connectivity index (χ1n) is 6.69. The van der Waals surface area contributed by atoms with Crippen molar-refractivity contribution in [2.45, 2.75) is 18.9 Å². The van der Waals surface area contributed by atoms with Crippen molar-refractivity contribution < 1.29 is 9.47 Å². The van der Waals surface area contributed by atoms with Crippen molar-refractivity contribution in [3.63, 3.8) is 0 Å². The van der Waals surface area contributed by atoms with Crippen LogP contribution >= 0.6 is 11.3 Å². The third-order valence-corrected chi connectivity index (χ3v) is 4.32. The van der Waals surface area contributed by atoms with Crippen molar-refractivity contribution >= 4 is 11.3 Å². The van der Waals surface area contributed by atoms with Gasteiger partial charge in [0.1, 0.15) is 11.5 Å². The molecule has 0 aliphatic carbocycles. The van der Waals surface area contributed by atoms with E-state index in [9.17, 15) is 0 Å². The number of thiophene rings is 1. The van der Waals surface area contributed by atoms with Gasteiger partial charge in [0.05, 0.1) is 14.2 Å². The fourth-order valence-electron chi connectivity index (χ4n) is 2.25. The molecule has 0 bridgehead atoms. The number of aryl methyl sites for hydroxylation is 1. The lowest BCUT2D eigenvalue weighted by Gasteiger charge is -2.18. The maximum atomic E-state index is 5.34. The minimum Gasteiger partial charge on any atom is -0.497 e. The lowest BCUT2D eigenvalue weighted by atomic mass is 10.0. The standard InChI is InChI=1S/C16H21NO2S/c1-17-16(7-6-15-5-4-8-20-15)12-9-13(18-2)11-14(10-12)19-3/h4-5,8-11,16-17H,6-7H2,1-3H3. The normalized spacial score (nSPS) is 12.2. The molecular formula is C16H21NO2S. The first kappa shape index (κ1) is 14.9. The maximum Gasteiger partial charge on any atom is 0.122 e. The van der Waals surface area contributed by atoms with E-state index < -0.39 is 0 Å². The van der Waals surface area contributed by atoms with Gasteiger partial charge >= 0.3 is 0 Å². The second-order valence-corrected chi connectivity index (χ2v) is 5.64. The Morgan fingerprint density at radius 2 is 1.85 bits per heavy atom. The topological polar surface area (TPSA) is 30.5 Å². The Morgan fingerprint density at radius 1 is 1.15 bits per heavy atom. The summed E-state index contributed by atoms with van der Waals surface area (Å²) in [6, 6.07) is 10.6. The molecule has 4 heteroatoms. The second kappa shape index (κ2) is 7.31. The van der Waals surface area contributed by atoms with Gasteiger partial charge in [0.25, 0.3) is 0 Å². The minimum absolute atomic E-state index is 0.293. The molecular weight excluding hydrogens is 270 g/mol. The van der Waals surface area contributed by atoms with Gasteiger partial charge in [-0.05, 0) is 49.0 Å². The van der Waals surface area contributed by atoms with Gasteiger partial charge in [0, 0.05) is 17.0 Å². The zero-order chi connectivity index (χ0) is 14.4. The van der Waals surface area contributed by atoms with E-state index in [1.54, 1.807) is 14.2 Å². The summed E-state index contributed by atoms with van der Waals surface area (Å²) in [5.74, 6) is 1.66. The number of nitrogens with one attached hydrogen (secondary N) is 1. The Kier molecular flexibility index (Phi) is 5.44. The molecule has 0 fully saturated rings. The molecule has 0 spiro atoms. The van der Waals surface area contributed by atoms with E-state index in [-0.39, 0.29) is 0 Å². The van der Waals surface area contributed by atoms with E-state index in [0.717, 1.165) is 24.3 Å². The lowest BCUT2D eigenvalue weighted by molar-refractivity contribution is 0.391. The summed E-state index contributed by atoms with van der Waals surface area (Å²) >= 11 is 1.81. The van der Waals surface area contributed by atoms with E-state index in [2.05, 4.69) is 35.0 Å². The quantitative estimate of drug-likeness (QED) is 0.844. The molecule has 0 aliphatic rings. The molecule has 1 N–H and O–H groups in total. The fraction of sp³-hybridized carbons (Fsp3) is 0.375. The second-order valence-electron chi connectivity index (χ2n) is 4.61. The Hall–Kier alpha value is -1.52. The number of benzene rings is 1. The summed E-state index contributed by atoms with van der Waals surface area (Å²) in [6.45, 7) is 0. The van der Waals surface area contributed by atoms with Crippen LogP contribution in [0.15, 0.2) is 35.7 Å². The maximum absolute atomic E-state index is 5.34. The molecule has 108 valence electrons. The van der Waals surface area contributed by atoms with Gasteiger partial charge in [0.2, 0.25) is 0 Å². The van der Waals surface area contributed by atoms with E-state index in [1.165, 1.54) is 10.4 Å². The molecule has 2 rings (SSSR count). The van der Waals surface area contributed by atoms with E-state index in [1.807, 2.05) is 24.5 Å². The summed E-state index contributed by atoms with van der Waals surface area (Å²) in [5, 5.41) is 5.50. The first-order chi connectivity index (χ1) is 9.76. The number of rotatable bonds is 7. The van der Waals surface area contributed by atoms with Crippen molar-refractivity contribution in [3.05, 3.63) is 46.2 Å². The zero-order valence-electron chi connectivity index (χ0n) is 12.2. The number of methoxy groups -OCH3 is 2. The predicted molar refractivity (Wildman–Crippen MR) is 84.0 cm³/mol. The molecule has 0 aliphatic heterocycles. The van der Waals surface area contributed by atoms with Gasteiger partial charge in [-0.25, -0.2) is 0 Å². The molecule has 1 heterocycles. The molecule has 0 saturated carbocycles. The monoisotopic (exact) mass is 291 g/mol. The van der Waals surface area contributed by atoms with Crippen LogP contribution in [-0.2, 0) is 6.42 Å². The Balaban J connectivity index is 2.13. The van der Waals surface area contributed by atoms with Crippen LogP contribution in [0.25, 0.3) is 0 Å². The summed E-state index contributed by atoms with van der Waals surface area (Å²) in [6.07, 6.45) is 2.12. The van der Waals surface area contributed by atoms with Gasteiger partial charge in [-0.2, -0.15) is 0 Å². The lowest BCUT2D eigenvalue weighted by Crippen LogP contribution is -2.17. The zero-order valence-corrected chi connectivity index (χ0v) is 13.0. The van der Waals surface area contributed by atoms with Crippen molar-refractivity contribution in [1.82, 2.24) is 5.32 Å². The van der Waals surface area contributed by atoms with Crippen molar-refractivity contribution in [3.8, 4) is 11.5 Å². The predicted octanol–water partition coefficient (Wildman–Crippen LogP) is 3.66. The average Bonchev–Trinajstić information content (AvgIpc) is 3.00. The molecule has 2 aromatic rings. The highest BCUT2D eigenvalue weighted by Crippen LogP contribution is 2.28. The van der Waals surface area contributed by atoms with Crippen LogP contribution in [-0.4, -0.2) is 21.3 Å². The van der Waals surface area contributed by atoms with Gasteiger partial charge in [-0.15, -0.1) is 11.3 Å². The van der Waals surface area contributed by atoms with Crippen molar-refractivity contribution in [1.29, 1.82) is 0 Å². The molecule has 20 heavy (non-hydrogen) atoms. The summed E-state index contributed by atoms with van der Waals surface area (Å²) in [7, 11) is 5.35. The van der Waals surface area contributed by atoms with Crippen LogP contribution in [0.5, 0.6) is 11.5 Å². The Morgan fingerprint density at radius 3 is 2.35 bits per heavy atom. The van der Waals surface area contributed by atoms with Crippen LogP contribution in [0.3, 0.4) is 0 Å². The van der Waals surface area contributed by atoms with Gasteiger partial charge in [-0.1, -0.05) is 6.07 Å². The van der Waals surface area contributed by atoms with Gasteiger partial charge < -0.3 is 14.8 Å². The third kappa shape index (κ3) is 3.74. The van der Waals surface area contributed by atoms with Crippen LogP contribution in [0.4, 0.5) is 0 Å². The summed E-state index contributed by atoms with van der Waals surface area (Å²) in [4.78, 5) is 1.42. The van der Waals surface area contributed by atoms with Crippen LogP contribution in [0, 0.1) is 0 Å². The third-order valence-electron chi connectivity index (χ3n) is 3.38.